The molecule has 3 amide bonds. The van der Waals surface area contributed by atoms with Crippen LogP contribution < -0.4 is 14.8 Å². The average molecular weight is 562 g/mol. The molecule has 3 aromatic carbocycles. The normalized spacial score (nSPS) is 13.9. The first kappa shape index (κ1) is 27.8. The molecule has 1 aliphatic rings. The number of halogens is 1. The minimum Gasteiger partial charge on any atom is -0.493 e. The lowest BCUT2D eigenvalue weighted by Crippen LogP contribution is -2.36. The Morgan fingerprint density at radius 2 is 1.92 bits per heavy atom. The molecule has 198 valence electrons. The van der Waals surface area contributed by atoms with E-state index < -0.39 is 23.6 Å². The van der Waals surface area contributed by atoms with E-state index in [0.29, 0.717) is 28.1 Å². The number of nitriles is 1. The molecule has 4 rings (SSSR count). The number of nitrogens with zero attached hydrogens (tertiary/aromatic N) is 2. The molecular weight excluding hydrogens is 538 g/mol. The number of amides is 3. The van der Waals surface area contributed by atoms with Gasteiger partial charge in [-0.1, -0.05) is 47.5 Å². The lowest BCUT2D eigenvalue weighted by Gasteiger charge is -2.14. The van der Waals surface area contributed by atoms with Gasteiger partial charge in [-0.2, -0.15) is 5.26 Å². The van der Waals surface area contributed by atoms with Crippen LogP contribution in [0.4, 0.5) is 10.5 Å². The summed E-state index contributed by atoms with van der Waals surface area (Å²) in [6.45, 7) is 3.51. The highest BCUT2D eigenvalue weighted by Gasteiger charge is 2.36. The van der Waals surface area contributed by atoms with Gasteiger partial charge in [0.2, 0.25) is 5.91 Å². The van der Waals surface area contributed by atoms with Crippen LogP contribution in [0.15, 0.2) is 59.5 Å². The van der Waals surface area contributed by atoms with Crippen LogP contribution in [-0.4, -0.2) is 35.6 Å². The topological polar surface area (TPSA) is 109 Å². The molecule has 8 nitrogen and oxygen atoms in total. The van der Waals surface area contributed by atoms with Gasteiger partial charge in [-0.25, -0.2) is 0 Å². The largest absolute Gasteiger partial charge is 0.493 e. The molecule has 1 aliphatic heterocycles. The first-order valence-electron chi connectivity index (χ1n) is 11.8. The van der Waals surface area contributed by atoms with Crippen LogP contribution in [0.1, 0.15) is 27.8 Å². The Kier molecular flexibility index (Phi) is 8.59. The second kappa shape index (κ2) is 12.1. The highest BCUT2D eigenvalue weighted by Crippen LogP contribution is 2.39. The second-order valence-corrected chi connectivity index (χ2v) is 10.1. The molecule has 39 heavy (non-hydrogen) atoms. The van der Waals surface area contributed by atoms with Crippen LogP contribution in [0, 0.1) is 25.2 Å². The van der Waals surface area contributed by atoms with Crippen molar-refractivity contribution in [1.82, 2.24) is 4.90 Å². The predicted molar refractivity (Wildman–Crippen MR) is 151 cm³/mol. The predicted octanol–water partition coefficient (Wildman–Crippen LogP) is 6.09. The van der Waals surface area contributed by atoms with E-state index in [2.05, 4.69) is 11.4 Å². The molecular formula is C29H24ClN3O5S. The quantitative estimate of drug-likeness (QED) is 0.331. The van der Waals surface area contributed by atoms with Crippen molar-refractivity contribution in [2.75, 3.05) is 19.0 Å². The number of aryl methyl sites for hydroxylation is 2. The van der Waals surface area contributed by atoms with E-state index >= 15 is 0 Å². The fourth-order valence-corrected chi connectivity index (χ4v) is 5.06. The van der Waals surface area contributed by atoms with Gasteiger partial charge in [0.25, 0.3) is 11.1 Å². The number of ether oxygens (including phenoxy) is 2. The fourth-order valence-electron chi connectivity index (χ4n) is 3.94. The van der Waals surface area contributed by atoms with Gasteiger partial charge in [0.15, 0.2) is 11.5 Å². The van der Waals surface area contributed by atoms with Crippen molar-refractivity contribution in [3.05, 3.63) is 92.3 Å². The Bertz CT molecular complexity index is 1550. The van der Waals surface area contributed by atoms with Gasteiger partial charge in [0.05, 0.1) is 28.7 Å². The van der Waals surface area contributed by atoms with Crippen molar-refractivity contribution in [2.24, 2.45) is 0 Å². The van der Waals surface area contributed by atoms with E-state index in [4.69, 9.17) is 21.1 Å². The minimum atomic E-state index is -0.579. The Morgan fingerprint density at radius 1 is 1.15 bits per heavy atom. The lowest BCUT2D eigenvalue weighted by molar-refractivity contribution is -0.127. The molecule has 1 heterocycles. The molecule has 10 heteroatoms. The highest BCUT2D eigenvalue weighted by molar-refractivity contribution is 8.18. The molecule has 1 fully saturated rings. The van der Waals surface area contributed by atoms with E-state index in [1.54, 1.807) is 36.4 Å². The van der Waals surface area contributed by atoms with Gasteiger partial charge < -0.3 is 14.8 Å². The van der Waals surface area contributed by atoms with Crippen LogP contribution >= 0.6 is 23.4 Å². The van der Waals surface area contributed by atoms with Gasteiger partial charge in [-0.3, -0.25) is 19.3 Å². The van der Waals surface area contributed by atoms with Crippen molar-refractivity contribution < 1.29 is 23.9 Å². The molecule has 1 N–H and O–H groups in total. The Hall–Kier alpha value is -4.26. The van der Waals surface area contributed by atoms with Gasteiger partial charge in [0, 0.05) is 11.3 Å². The Morgan fingerprint density at radius 3 is 2.64 bits per heavy atom. The molecule has 0 unspecified atom stereocenters. The maximum Gasteiger partial charge on any atom is 0.294 e. The van der Waals surface area contributed by atoms with Crippen LogP contribution in [-0.2, 0) is 16.2 Å². The van der Waals surface area contributed by atoms with Crippen LogP contribution in [0.25, 0.3) is 6.08 Å². The second-order valence-electron chi connectivity index (χ2n) is 8.73. The number of nitrogens with one attached hydrogen (secondary N) is 1. The van der Waals surface area contributed by atoms with Crippen molar-refractivity contribution in [2.45, 2.75) is 20.5 Å². The number of carbonyl (C=O) groups is 3. The summed E-state index contributed by atoms with van der Waals surface area (Å²) in [5.41, 5.74) is 4.24. The summed E-state index contributed by atoms with van der Waals surface area (Å²) in [5.74, 6) is -0.463. The molecule has 0 aromatic heterocycles. The number of imide groups is 1. The first-order chi connectivity index (χ1) is 18.7. The van der Waals surface area contributed by atoms with Crippen LogP contribution in [0.5, 0.6) is 11.5 Å². The zero-order chi connectivity index (χ0) is 28.1. The average Bonchev–Trinajstić information content (AvgIpc) is 3.16. The lowest BCUT2D eigenvalue weighted by atomic mass is 10.1. The van der Waals surface area contributed by atoms with Crippen molar-refractivity contribution >= 4 is 52.2 Å². The standard InChI is InChI=1S/C29H24ClN3O5S/c1-17-8-9-23(18(2)10-17)32-26(34)15-33-28(35)25(39-29(33)36)13-19-11-22(30)27(24(12-19)37-3)38-16-21-7-5-4-6-20(21)14-31/h4-13H,15-16H2,1-3H3,(H,32,34)/b25-13-. The van der Waals surface area contributed by atoms with Crippen molar-refractivity contribution in [1.29, 1.82) is 5.26 Å². The molecule has 3 aromatic rings. The number of benzene rings is 3. The van der Waals surface area contributed by atoms with Crippen LogP contribution in [0.2, 0.25) is 5.02 Å². The van der Waals surface area contributed by atoms with Crippen molar-refractivity contribution in [3.63, 3.8) is 0 Å². The number of hydrogen-bond acceptors (Lipinski definition) is 7. The SMILES string of the molecule is COc1cc(/C=C2\SC(=O)N(CC(=O)Nc3ccc(C)cc3C)C2=O)cc(Cl)c1OCc1ccccc1C#N. The maximum atomic E-state index is 13.0. The Labute approximate surface area is 235 Å². The summed E-state index contributed by atoms with van der Waals surface area (Å²) >= 11 is 7.22. The summed E-state index contributed by atoms with van der Waals surface area (Å²) in [4.78, 5) is 39.1. The summed E-state index contributed by atoms with van der Waals surface area (Å²) in [6.07, 6.45) is 1.51. The summed E-state index contributed by atoms with van der Waals surface area (Å²) in [6, 6.07) is 18.0. The number of thioether (sulfide) groups is 1. The maximum absolute atomic E-state index is 13.0. The van der Waals surface area contributed by atoms with Crippen LogP contribution in [0.3, 0.4) is 0 Å². The summed E-state index contributed by atoms with van der Waals surface area (Å²) in [7, 11) is 1.45. The van der Waals surface area contributed by atoms with E-state index in [-0.39, 0.29) is 22.3 Å². The van der Waals surface area contributed by atoms with E-state index in [0.717, 1.165) is 27.8 Å². The smallest absolute Gasteiger partial charge is 0.294 e. The molecule has 0 saturated carbocycles. The third-order valence-electron chi connectivity index (χ3n) is 5.89. The zero-order valence-corrected chi connectivity index (χ0v) is 23.0. The molecule has 0 atom stereocenters. The highest BCUT2D eigenvalue weighted by atomic mass is 35.5. The molecule has 1 saturated heterocycles. The molecule has 0 radical (unpaired) electrons. The molecule has 0 bridgehead atoms. The molecule has 0 spiro atoms. The number of carbonyl (C=O) groups excluding carboxylic acids is 3. The van der Waals surface area contributed by atoms with Crippen molar-refractivity contribution in [3.8, 4) is 17.6 Å². The number of rotatable bonds is 8. The number of hydrogen-bond donors (Lipinski definition) is 1. The minimum absolute atomic E-state index is 0.0994. The van der Waals surface area contributed by atoms with E-state index in [1.807, 2.05) is 32.0 Å². The van der Waals surface area contributed by atoms with Gasteiger partial charge >= 0.3 is 0 Å². The third-order valence-corrected chi connectivity index (χ3v) is 7.08. The fraction of sp³-hybridized carbons (Fsp3) is 0.172. The van der Waals surface area contributed by atoms with E-state index in [1.165, 1.54) is 13.2 Å². The molecule has 0 aliphatic carbocycles. The summed E-state index contributed by atoms with van der Waals surface area (Å²) in [5, 5.41) is 11.7. The number of anilines is 1. The first-order valence-corrected chi connectivity index (χ1v) is 13.0. The van der Waals surface area contributed by atoms with Gasteiger partial charge in [-0.15, -0.1) is 0 Å². The zero-order valence-electron chi connectivity index (χ0n) is 21.4. The third kappa shape index (κ3) is 6.42. The summed E-state index contributed by atoms with van der Waals surface area (Å²) < 4.78 is 11.3. The van der Waals surface area contributed by atoms with Gasteiger partial charge in [-0.05, 0) is 67.1 Å². The number of methoxy groups -OCH3 is 1. The van der Waals surface area contributed by atoms with Gasteiger partial charge in [0.1, 0.15) is 13.2 Å². The Balaban J connectivity index is 1.48. The monoisotopic (exact) mass is 561 g/mol. The van der Waals surface area contributed by atoms with E-state index in [9.17, 15) is 19.6 Å².